The third-order valence-electron chi connectivity index (χ3n) is 5.63. The van der Waals surface area contributed by atoms with E-state index in [1.54, 1.807) is 11.8 Å². The fraction of sp³-hybridized carbons (Fsp3) is 0.348. The lowest BCUT2D eigenvalue weighted by Crippen LogP contribution is -2.29. The van der Waals surface area contributed by atoms with Gasteiger partial charge in [0.2, 0.25) is 5.91 Å². The first-order valence-corrected chi connectivity index (χ1v) is 10.8. The van der Waals surface area contributed by atoms with E-state index in [9.17, 15) is 4.79 Å². The molecular formula is C23H26N2OS. The minimum atomic E-state index is -0.0214. The zero-order valence-electron chi connectivity index (χ0n) is 16.0. The molecule has 27 heavy (non-hydrogen) atoms. The Labute approximate surface area is 165 Å². The normalized spacial score (nSPS) is 22.9. The van der Waals surface area contributed by atoms with E-state index in [1.807, 2.05) is 19.9 Å². The van der Waals surface area contributed by atoms with Crippen LogP contribution in [0.15, 0.2) is 59.5 Å². The fourth-order valence-electron chi connectivity index (χ4n) is 4.10. The summed E-state index contributed by atoms with van der Waals surface area (Å²) in [6.07, 6.45) is 7.82. The van der Waals surface area contributed by atoms with Gasteiger partial charge >= 0.3 is 0 Å². The van der Waals surface area contributed by atoms with E-state index in [0.717, 1.165) is 12.1 Å². The van der Waals surface area contributed by atoms with Crippen LogP contribution in [0.5, 0.6) is 0 Å². The summed E-state index contributed by atoms with van der Waals surface area (Å²) in [4.78, 5) is 13.3. The van der Waals surface area contributed by atoms with Crippen molar-refractivity contribution in [3.8, 4) is 0 Å². The number of hydrogen-bond acceptors (Lipinski definition) is 3. The van der Waals surface area contributed by atoms with Crippen LogP contribution in [0.2, 0.25) is 0 Å². The molecule has 3 nitrogen and oxygen atoms in total. The Kier molecular flexibility index (Phi) is 5.00. The summed E-state index contributed by atoms with van der Waals surface area (Å²) in [5.74, 6) is 0.937. The number of benzene rings is 2. The van der Waals surface area contributed by atoms with Gasteiger partial charge in [0.15, 0.2) is 0 Å². The van der Waals surface area contributed by atoms with E-state index in [4.69, 9.17) is 0 Å². The van der Waals surface area contributed by atoms with Gasteiger partial charge in [-0.3, -0.25) is 4.79 Å². The highest BCUT2D eigenvalue weighted by Gasteiger charge is 2.37. The van der Waals surface area contributed by atoms with Gasteiger partial charge in [-0.25, -0.2) is 0 Å². The highest BCUT2D eigenvalue weighted by Crippen LogP contribution is 2.50. The minimum absolute atomic E-state index is 0.0214. The molecule has 3 unspecified atom stereocenters. The van der Waals surface area contributed by atoms with Crippen molar-refractivity contribution in [3.63, 3.8) is 0 Å². The molecule has 2 aromatic rings. The van der Waals surface area contributed by atoms with Crippen LogP contribution in [0.4, 0.5) is 11.4 Å². The fourth-order valence-corrected chi connectivity index (χ4v) is 4.51. The van der Waals surface area contributed by atoms with Gasteiger partial charge < -0.3 is 10.6 Å². The number of carbonyl (C=O) groups is 1. The highest BCUT2D eigenvalue weighted by atomic mass is 32.2. The highest BCUT2D eigenvalue weighted by molar-refractivity contribution is 7.98. The summed E-state index contributed by atoms with van der Waals surface area (Å²) in [5.41, 5.74) is 4.68. The summed E-state index contributed by atoms with van der Waals surface area (Å²) >= 11 is 1.77. The van der Waals surface area contributed by atoms with Gasteiger partial charge in [-0.15, -0.1) is 11.8 Å². The third kappa shape index (κ3) is 3.51. The van der Waals surface area contributed by atoms with Crippen LogP contribution in [0.3, 0.4) is 0 Å². The van der Waals surface area contributed by atoms with Gasteiger partial charge in [0.05, 0.1) is 6.04 Å². The first-order valence-electron chi connectivity index (χ1n) is 9.59. The van der Waals surface area contributed by atoms with Crippen LogP contribution in [-0.4, -0.2) is 12.2 Å². The van der Waals surface area contributed by atoms with Crippen LogP contribution in [0.1, 0.15) is 43.4 Å². The molecule has 140 valence electrons. The average Bonchev–Trinajstić information content (AvgIpc) is 3.17. The molecule has 1 amide bonds. The van der Waals surface area contributed by atoms with E-state index in [0.29, 0.717) is 17.9 Å². The lowest BCUT2D eigenvalue weighted by atomic mass is 9.77. The molecule has 0 aromatic heterocycles. The molecule has 3 atom stereocenters. The van der Waals surface area contributed by atoms with Crippen LogP contribution in [-0.2, 0) is 4.79 Å². The van der Waals surface area contributed by atoms with E-state index >= 15 is 0 Å². The number of thioether (sulfide) groups is 1. The summed E-state index contributed by atoms with van der Waals surface area (Å²) in [5, 5.41) is 6.80. The molecule has 0 bridgehead atoms. The molecule has 0 radical (unpaired) electrons. The number of hydrogen-bond donors (Lipinski definition) is 2. The maximum Gasteiger partial charge on any atom is 0.226 e. The van der Waals surface area contributed by atoms with E-state index in [2.05, 4.69) is 65.4 Å². The van der Waals surface area contributed by atoms with Crippen molar-refractivity contribution in [3.05, 3.63) is 65.7 Å². The quantitative estimate of drug-likeness (QED) is 0.519. The largest absolute Gasteiger partial charge is 0.378 e. The van der Waals surface area contributed by atoms with Crippen molar-refractivity contribution in [2.24, 2.45) is 11.8 Å². The van der Waals surface area contributed by atoms with E-state index < -0.39 is 0 Å². The van der Waals surface area contributed by atoms with Crippen LogP contribution >= 0.6 is 11.8 Å². The number of amides is 1. The van der Waals surface area contributed by atoms with Crippen LogP contribution < -0.4 is 10.6 Å². The van der Waals surface area contributed by atoms with Crippen molar-refractivity contribution in [1.29, 1.82) is 0 Å². The number of fused-ring (bicyclic) bond motifs is 3. The molecule has 2 aliphatic rings. The molecule has 2 N–H and O–H groups in total. The van der Waals surface area contributed by atoms with Crippen molar-refractivity contribution < 1.29 is 4.79 Å². The minimum Gasteiger partial charge on any atom is -0.378 e. The topological polar surface area (TPSA) is 41.1 Å². The Bertz CT molecular complexity index is 872. The van der Waals surface area contributed by atoms with Gasteiger partial charge in [-0.05, 0) is 60.1 Å². The predicted octanol–water partition coefficient (Wildman–Crippen LogP) is 5.83. The zero-order valence-corrected chi connectivity index (χ0v) is 16.8. The number of carbonyl (C=O) groups excluding carboxylic acids is 1. The third-order valence-corrected chi connectivity index (χ3v) is 6.37. The van der Waals surface area contributed by atoms with Crippen molar-refractivity contribution in [2.75, 3.05) is 16.9 Å². The molecule has 1 aliphatic heterocycles. The summed E-state index contributed by atoms with van der Waals surface area (Å²) in [7, 11) is 0. The van der Waals surface area contributed by atoms with Gasteiger partial charge in [0.25, 0.3) is 0 Å². The first-order chi connectivity index (χ1) is 13.1. The molecule has 1 heterocycles. The van der Waals surface area contributed by atoms with Crippen LogP contribution in [0.25, 0.3) is 0 Å². The van der Waals surface area contributed by atoms with Gasteiger partial charge in [0, 0.05) is 28.1 Å². The van der Waals surface area contributed by atoms with Crippen molar-refractivity contribution in [2.45, 2.75) is 37.1 Å². The Morgan fingerprint density at radius 1 is 1.19 bits per heavy atom. The van der Waals surface area contributed by atoms with Gasteiger partial charge in [-0.2, -0.15) is 0 Å². The number of nitrogens with one attached hydrogen (secondary N) is 2. The lowest BCUT2D eigenvalue weighted by molar-refractivity contribution is -0.118. The Balaban J connectivity index is 1.64. The second-order valence-corrected chi connectivity index (χ2v) is 8.57. The Morgan fingerprint density at radius 2 is 1.96 bits per heavy atom. The molecule has 0 fully saturated rings. The molecule has 0 spiro atoms. The molecule has 4 heteroatoms. The zero-order chi connectivity index (χ0) is 19.0. The first kappa shape index (κ1) is 18.2. The maximum atomic E-state index is 12.1. The molecular weight excluding hydrogens is 352 g/mol. The molecule has 0 saturated carbocycles. The number of allylic oxidation sites excluding steroid dienone is 2. The summed E-state index contributed by atoms with van der Waals surface area (Å²) in [6.45, 7) is 3.83. The Morgan fingerprint density at radius 3 is 2.67 bits per heavy atom. The van der Waals surface area contributed by atoms with Crippen LogP contribution in [0, 0.1) is 11.8 Å². The van der Waals surface area contributed by atoms with E-state index in [-0.39, 0.29) is 11.8 Å². The lowest BCUT2D eigenvalue weighted by Gasteiger charge is -2.37. The average molecular weight is 379 g/mol. The maximum absolute atomic E-state index is 12.1. The summed E-state index contributed by atoms with van der Waals surface area (Å²) in [6, 6.07) is 15.5. The SMILES string of the molecule is CSc1ccc(C2Nc3ccc(NC(=O)C(C)C)cc3C3C=CCC32)cc1. The van der Waals surface area contributed by atoms with E-state index in [1.165, 1.54) is 21.7 Å². The number of anilines is 2. The second kappa shape index (κ2) is 7.43. The predicted molar refractivity (Wildman–Crippen MR) is 114 cm³/mol. The Hall–Kier alpha value is -2.20. The van der Waals surface area contributed by atoms with Crippen molar-refractivity contribution in [1.82, 2.24) is 0 Å². The molecule has 1 aliphatic carbocycles. The molecule has 4 rings (SSSR count). The second-order valence-electron chi connectivity index (χ2n) is 7.69. The number of rotatable bonds is 4. The van der Waals surface area contributed by atoms with Gasteiger partial charge in [-0.1, -0.05) is 38.1 Å². The smallest absolute Gasteiger partial charge is 0.226 e. The summed E-state index contributed by atoms with van der Waals surface area (Å²) < 4.78 is 0. The van der Waals surface area contributed by atoms with Gasteiger partial charge in [0.1, 0.15) is 0 Å². The monoisotopic (exact) mass is 378 g/mol. The molecule has 0 saturated heterocycles. The standard InChI is InChI=1S/C23H26N2OS/c1-14(2)23(26)24-16-9-12-21-20(13-16)18-5-4-6-19(18)22(25-21)15-7-10-17(27-3)11-8-15/h4-5,7-14,18-19,22,25H,6H2,1-3H3,(H,24,26). The van der Waals surface area contributed by atoms with Crippen molar-refractivity contribution >= 4 is 29.0 Å². The molecule has 2 aromatic carbocycles.